The highest BCUT2D eigenvalue weighted by Gasteiger charge is 2.46. The fourth-order valence-corrected chi connectivity index (χ4v) is 9.49. The fraction of sp³-hybridized carbons (Fsp3) is 0.0588. The molecule has 0 fully saturated rings. The summed E-state index contributed by atoms with van der Waals surface area (Å²) in [7, 11) is 0. The van der Waals surface area contributed by atoms with Gasteiger partial charge in [0.25, 0.3) is 0 Å². The molecule has 0 atom stereocenters. The summed E-state index contributed by atoms with van der Waals surface area (Å²) in [4.78, 5) is 0. The molecule has 11 rings (SSSR count). The monoisotopic (exact) mass is 676 g/mol. The first-order valence-corrected chi connectivity index (χ1v) is 18.6. The van der Waals surface area contributed by atoms with Crippen molar-refractivity contribution in [1.29, 1.82) is 0 Å². The Balaban J connectivity index is 1.13. The molecule has 1 aliphatic carbocycles. The summed E-state index contributed by atoms with van der Waals surface area (Å²) < 4.78 is 4.98. The average molecular weight is 677 g/mol. The molecule has 0 saturated heterocycles. The summed E-state index contributed by atoms with van der Waals surface area (Å²) in [6, 6.07) is 72.1. The highest BCUT2D eigenvalue weighted by molar-refractivity contribution is 6.09. The van der Waals surface area contributed by atoms with Crippen molar-refractivity contribution in [3.05, 3.63) is 228 Å². The number of fused-ring (bicyclic) bond motifs is 9. The Morgan fingerprint density at radius 1 is 0.321 bits per heavy atom. The summed E-state index contributed by atoms with van der Waals surface area (Å²) in [5, 5.41) is 5.21. The van der Waals surface area contributed by atoms with Gasteiger partial charge in [-0.3, -0.25) is 0 Å². The Morgan fingerprint density at radius 3 is 1.00 bits per heavy atom. The van der Waals surface area contributed by atoms with Gasteiger partial charge >= 0.3 is 0 Å². The average Bonchev–Trinajstić information content (AvgIpc) is 3.82. The topological polar surface area (TPSA) is 9.86 Å². The van der Waals surface area contributed by atoms with Gasteiger partial charge in [0.15, 0.2) is 0 Å². The highest BCUT2D eigenvalue weighted by atomic mass is 15.0. The second kappa shape index (κ2) is 11.7. The van der Waals surface area contributed by atoms with Crippen LogP contribution in [-0.4, -0.2) is 9.13 Å². The lowest BCUT2D eigenvalue weighted by molar-refractivity contribution is 0.759. The number of benzene rings is 8. The Hall–Kier alpha value is -6.64. The molecule has 0 bridgehead atoms. The van der Waals surface area contributed by atoms with Gasteiger partial charge in [-0.25, -0.2) is 0 Å². The van der Waals surface area contributed by atoms with Gasteiger partial charge in [0.2, 0.25) is 0 Å². The lowest BCUT2D eigenvalue weighted by Gasteiger charge is -2.34. The lowest BCUT2D eigenvalue weighted by Crippen LogP contribution is -2.29. The van der Waals surface area contributed by atoms with Gasteiger partial charge in [-0.05, 0) is 68.8 Å². The van der Waals surface area contributed by atoms with Crippen molar-refractivity contribution in [2.75, 3.05) is 0 Å². The minimum atomic E-state index is -0.485. The van der Waals surface area contributed by atoms with Crippen LogP contribution in [0, 0.1) is 0 Å². The maximum Gasteiger partial charge on any atom is 0.0713 e. The molecule has 1 aliphatic rings. The number of aromatic nitrogens is 2. The fourth-order valence-electron chi connectivity index (χ4n) is 9.49. The van der Waals surface area contributed by atoms with E-state index in [1.54, 1.807) is 0 Å². The molecule has 2 nitrogen and oxygen atoms in total. The zero-order valence-corrected chi connectivity index (χ0v) is 29.3. The quantitative estimate of drug-likeness (QED) is 0.166. The van der Waals surface area contributed by atoms with Crippen LogP contribution < -0.4 is 0 Å². The second-order valence-electron chi connectivity index (χ2n) is 14.5. The van der Waals surface area contributed by atoms with Gasteiger partial charge in [-0.15, -0.1) is 0 Å². The van der Waals surface area contributed by atoms with E-state index in [-0.39, 0.29) is 0 Å². The second-order valence-corrected chi connectivity index (χ2v) is 14.5. The predicted octanol–water partition coefficient (Wildman–Crippen LogP) is 12.4. The van der Waals surface area contributed by atoms with Crippen LogP contribution in [0.5, 0.6) is 0 Å². The van der Waals surface area contributed by atoms with E-state index in [9.17, 15) is 0 Å². The van der Waals surface area contributed by atoms with E-state index in [0.29, 0.717) is 0 Å². The van der Waals surface area contributed by atoms with Gasteiger partial charge in [-0.1, -0.05) is 170 Å². The van der Waals surface area contributed by atoms with Gasteiger partial charge < -0.3 is 9.13 Å². The van der Waals surface area contributed by atoms with Crippen molar-refractivity contribution in [2.45, 2.75) is 18.5 Å². The molecular formula is C51H36N2. The van der Waals surface area contributed by atoms with Crippen LogP contribution in [0.1, 0.15) is 33.4 Å². The van der Waals surface area contributed by atoms with Crippen molar-refractivity contribution >= 4 is 43.6 Å². The predicted molar refractivity (Wildman–Crippen MR) is 221 cm³/mol. The number of hydrogen-bond donors (Lipinski definition) is 0. The molecular weight excluding hydrogens is 641 g/mol. The third-order valence-electron chi connectivity index (χ3n) is 11.7. The zero-order chi connectivity index (χ0) is 34.9. The van der Waals surface area contributed by atoms with E-state index in [0.717, 1.165) is 13.1 Å². The lowest BCUT2D eigenvalue weighted by atomic mass is 9.67. The molecule has 10 aromatic rings. The molecule has 0 N–H and O–H groups in total. The summed E-state index contributed by atoms with van der Waals surface area (Å²) >= 11 is 0. The molecule has 2 aromatic heterocycles. The maximum absolute atomic E-state index is 2.51. The molecule has 0 radical (unpaired) electrons. The van der Waals surface area contributed by atoms with E-state index >= 15 is 0 Å². The van der Waals surface area contributed by atoms with Crippen LogP contribution in [0.3, 0.4) is 0 Å². The normalized spacial score (nSPS) is 13.2. The summed E-state index contributed by atoms with van der Waals surface area (Å²) in [6.45, 7) is 1.58. The number of rotatable bonds is 6. The number of para-hydroxylation sites is 4. The van der Waals surface area contributed by atoms with Crippen molar-refractivity contribution in [3.8, 4) is 11.1 Å². The SMILES string of the molecule is c1ccc(C2(c3ccccc3)c3cc(Cn4c5ccccc5c5ccccc54)ccc3-c3ccc(Cn4c5ccccc5c5ccccc54)cc32)cc1. The smallest absolute Gasteiger partial charge is 0.0713 e. The number of hydrogen-bond acceptors (Lipinski definition) is 0. The first-order valence-electron chi connectivity index (χ1n) is 18.6. The van der Waals surface area contributed by atoms with E-state index in [2.05, 4.69) is 203 Å². The zero-order valence-electron chi connectivity index (χ0n) is 29.3. The van der Waals surface area contributed by atoms with Gasteiger partial charge in [0.1, 0.15) is 0 Å². The molecule has 0 aliphatic heterocycles. The largest absolute Gasteiger partial charge is 0.336 e. The Kier molecular flexibility index (Phi) is 6.63. The first-order chi connectivity index (χ1) is 26.3. The minimum absolute atomic E-state index is 0.485. The maximum atomic E-state index is 2.51. The molecule has 0 spiro atoms. The Labute approximate surface area is 308 Å². The van der Waals surface area contributed by atoms with Crippen LogP contribution in [0.25, 0.3) is 54.7 Å². The van der Waals surface area contributed by atoms with Crippen molar-refractivity contribution in [2.24, 2.45) is 0 Å². The molecule has 250 valence electrons. The molecule has 2 heterocycles. The Morgan fingerprint density at radius 2 is 0.642 bits per heavy atom. The van der Waals surface area contributed by atoms with E-state index in [4.69, 9.17) is 0 Å². The molecule has 0 amide bonds. The van der Waals surface area contributed by atoms with Crippen molar-refractivity contribution < 1.29 is 0 Å². The van der Waals surface area contributed by atoms with Crippen molar-refractivity contribution in [3.63, 3.8) is 0 Å². The van der Waals surface area contributed by atoms with Crippen molar-refractivity contribution in [1.82, 2.24) is 9.13 Å². The summed E-state index contributed by atoms with van der Waals surface area (Å²) in [6.07, 6.45) is 0. The summed E-state index contributed by atoms with van der Waals surface area (Å²) in [5.41, 5.74) is 15.1. The van der Waals surface area contributed by atoms with E-state index in [1.807, 2.05) is 0 Å². The van der Waals surface area contributed by atoms with Gasteiger partial charge in [-0.2, -0.15) is 0 Å². The summed E-state index contributed by atoms with van der Waals surface area (Å²) in [5.74, 6) is 0. The van der Waals surface area contributed by atoms with Crippen LogP contribution in [-0.2, 0) is 18.5 Å². The van der Waals surface area contributed by atoms with E-state index < -0.39 is 5.41 Å². The van der Waals surface area contributed by atoms with E-state index in [1.165, 1.54) is 88.1 Å². The minimum Gasteiger partial charge on any atom is -0.336 e. The molecule has 53 heavy (non-hydrogen) atoms. The van der Waals surface area contributed by atoms with Crippen LogP contribution >= 0.6 is 0 Å². The Bertz CT molecular complexity index is 2690. The van der Waals surface area contributed by atoms with Crippen LogP contribution in [0.2, 0.25) is 0 Å². The standard InChI is InChI=1S/C51H36N2/c1-3-15-37(16-4-1)51(38-17-5-2-6-18-38)45-31-35(33-52-47-23-11-7-19-41(47)42-20-8-12-24-48(42)52)27-29-39(45)40-30-28-36(32-46(40)51)34-53-49-25-13-9-21-43(49)44-22-10-14-26-50(44)53/h1-32H,33-34H2. The molecule has 0 unspecified atom stereocenters. The number of nitrogens with zero attached hydrogens (tertiary/aromatic N) is 2. The third kappa shape index (κ3) is 4.39. The molecule has 8 aromatic carbocycles. The molecule has 2 heteroatoms. The molecule has 0 saturated carbocycles. The van der Waals surface area contributed by atoms with Crippen LogP contribution in [0.4, 0.5) is 0 Å². The van der Waals surface area contributed by atoms with Gasteiger partial charge in [0.05, 0.1) is 5.41 Å². The third-order valence-corrected chi connectivity index (χ3v) is 11.7. The first kappa shape index (κ1) is 30.0. The highest BCUT2D eigenvalue weighted by Crippen LogP contribution is 2.56. The van der Waals surface area contributed by atoms with Gasteiger partial charge in [0, 0.05) is 56.7 Å². The van der Waals surface area contributed by atoms with Crippen LogP contribution in [0.15, 0.2) is 194 Å².